The summed E-state index contributed by atoms with van der Waals surface area (Å²) < 4.78 is 11.0. The molecule has 26 heavy (non-hydrogen) atoms. The van der Waals surface area contributed by atoms with Crippen LogP contribution >= 0.6 is 11.6 Å². The van der Waals surface area contributed by atoms with Gasteiger partial charge in [0.05, 0.1) is 34.9 Å². The number of benzene rings is 2. The van der Waals surface area contributed by atoms with Gasteiger partial charge in [0, 0.05) is 0 Å². The molecule has 0 saturated heterocycles. The lowest BCUT2D eigenvalue weighted by atomic mass is 10.0. The van der Waals surface area contributed by atoms with Crippen LogP contribution in [0.2, 0.25) is 5.02 Å². The van der Waals surface area contributed by atoms with Gasteiger partial charge in [-0.25, -0.2) is 0 Å². The van der Waals surface area contributed by atoms with Crippen molar-refractivity contribution in [2.75, 3.05) is 13.2 Å². The van der Waals surface area contributed by atoms with Crippen LogP contribution in [-0.4, -0.2) is 13.2 Å². The Morgan fingerprint density at radius 1 is 1.19 bits per heavy atom. The molecular weight excluding hydrogens is 348 g/mol. The molecular formula is C21H15ClN2O2. The third-order valence-corrected chi connectivity index (χ3v) is 3.67. The number of hydrogen-bond acceptors (Lipinski definition) is 4. The van der Waals surface area contributed by atoms with Crippen molar-refractivity contribution < 1.29 is 9.47 Å². The van der Waals surface area contributed by atoms with Gasteiger partial charge in [-0.15, -0.1) is 6.42 Å². The maximum Gasteiger partial charge on any atom is 0.181 e. The van der Waals surface area contributed by atoms with Crippen molar-refractivity contribution in [2.24, 2.45) is 0 Å². The lowest BCUT2D eigenvalue weighted by molar-refractivity contribution is 0.299. The molecule has 0 N–H and O–H groups in total. The molecule has 0 aromatic heterocycles. The Morgan fingerprint density at radius 2 is 1.92 bits per heavy atom. The molecule has 0 radical (unpaired) electrons. The lowest BCUT2D eigenvalue weighted by Gasteiger charge is -2.13. The van der Waals surface area contributed by atoms with Gasteiger partial charge in [-0.3, -0.25) is 0 Å². The van der Waals surface area contributed by atoms with E-state index in [1.807, 2.05) is 13.0 Å². The fraction of sp³-hybridized carbons (Fsp3) is 0.143. The van der Waals surface area contributed by atoms with E-state index in [9.17, 15) is 5.26 Å². The van der Waals surface area contributed by atoms with Gasteiger partial charge in [-0.1, -0.05) is 29.7 Å². The Bertz CT molecular complexity index is 942. The largest absolute Gasteiger partial charge is 0.490 e. The third kappa shape index (κ3) is 4.58. The van der Waals surface area contributed by atoms with Crippen LogP contribution in [0.3, 0.4) is 0 Å². The fourth-order valence-electron chi connectivity index (χ4n) is 2.26. The van der Waals surface area contributed by atoms with Crippen molar-refractivity contribution in [3.05, 3.63) is 58.1 Å². The topological polar surface area (TPSA) is 66.0 Å². The summed E-state index contributed by atoms with van der Waals surface area (Å²) in [5.41, 5.74) is 2.36. The number of allylic oxidation sites excluding steroid dienone is 1. The SMILES string of the molecule is C#CCOc1c(Cl)cc(/C=C(/C#N)c2ccc(C#N)cc2)cc1OCC. The van der Waals surface area contributed by atoms with Crippen LogP contribution in [0.1, 0.15) is 23.6 Å². The molecule has 0 saturated carbocycles. The molecule has 2 rings (SSSR count). The van der Waals surface area contributed by atoms with Crippen molar-refractivity contribution in [1.82, 2.24) is 0 Å². The molecule has 0 aliphatic carbocycles. The Kier molecular flexibility index (Phi) is 6.69. The van der Waals surface area contributed by atoms with Gasteiger partial charge in [0.15, 0.2) is 11.5 Å². The zero-order valence-corrected chi connectivity index (χ0v) is 14.9. The summed E-state index contributed by atoms with van der Waals surface area (Å²) in [5.74, 6) is 3.22. The number of ether oxygens (including phenoxy) is 2. The minimum Gasteiger partial charge on any atom is -0.490 e. The zero-order valence-electron chi connectivity index (χ0n) is 14.1. The molecule has 2 aromatic rings. The minimum absolute atomic E-state index is 0.0731. The molecule has 0 fully saturated rings. The summed E-state index contributed by atoms with van der Waals surface area (Å²) in [5, 5.41) is 18.7. The van der Waals surface area contributed by atoms with Crippen LogP contribution in [0, 0.1) is 35.0 Å². The highest BCUT2D eigenvalue weighted by atomic mass is 35.5. The number of halogens is 1. The molecule has 4 nitrogen and oxygen atoms in total. The quantitative estimate of drug-likeness (QED) is 0.425. The number of rotatable bonds is 6. The Hall–Kier alpha value is -3.39. The Morgan fingerprint density at radius 3 is 2.50 bits per heavy atom. The van der Waals surface area contributed by atoms with Gasteiger partial charge in [-0.05, 0) is 48.4 Å². The minimum atomic E-state index is 0.0731. The molecule has 5 heteroatoms. The molecule has 0 aliphatic rings. The standard InChI is InChI=1S/C21H15ClN2O2/c1-3-9-26-21-19(22)11-16(12-20(21)25-4-2)10-18(14-24)17-7-5-15(13-23)6-8-17/h1,5-8,10-12H,4,9H2,2H3/b18-10-. The molecule has 128 valence electrons. The zero-order chi connectivity index (χ0) is 18.9. The molecule has 0 atom stereocenters. The highest BCUT2D eigenvalue weighted by molar-refractivity contribution is 6.32. The summed E-state index contributed by atoms with van der Waals surface area (Å²) >= 11 is 6.30. The Balaban J connectivity index is 2.45. The van der Waals surface area contributed by atoms with Crippen molar-refractivity contribution in [3.63, 3.8) is 0 Å². The van der Waals surface area contributed by atoms with Crippen LogP contribution < -0.4 is 9.47 Å². The van der Waals surface area contributed by atoms with Gasteiger partial charge >= 0.3 is 0 Å². The van der Waals surface area contributed by atoms with Crippen LogP contribution in [0.4, 0.5) is 0 Å². The summed E-state index contributed by atoms with van der Waals surface area (Å²) in [6.45, 7) is 2.35. The van der Waals surface area contributed by atoms with Crippen molar-refractivity contribution in [2.45, 2.75) is 6.92 Å². The van der Waals surface area contributed by atoms with E-state index in [1.54, 1.807) is 42.5 Å². The molecule has 0 heterocycles. The maximum atomic E-state index is 9.49. The average molecular weight is 363 g/mol. The maximum absolute atomic E-state index is 9.49. The molecule has 0 unspecified atom stereocenters. The second-order valence-corrected chi connectivity index (χ2v) is 5.52. The monoisotopic (exact) mass is 362 g/mol. The predicted octanol–water partition coefficient (Wildman–Crippen LogP) is 4.69. The summed E-state index contributed by atoms with van der Waals surface area (Å²) in [7, 11) is 0. The van der Waals surface area contributed by atoms with Crippen LogP contribution in [0.15, 0.2) is 36.4 Å². The first-order valence-electron chi connectivity index (χ1n) is 7.77. The van der Waals surface area contributed by atoms with E-state index in [2.05, 4.69) is 12.0 Å². The molecule has 0 bridgehead atoms. The molecule has 0 amide bonds. The van der Waals surface area contributed by atoms with Gasteiger partial charge in [0.1, 0.15) is 6.61 Å². The number of nitrogens with zero attached hydrogens (tertiary/aromatic N) is 2. The molecule has 2 aromatic carbocycles. The second kappa shape index (κ2) is 9.19. The van der Waals surface area contributed by atoms with E-state index in [0.29, 0.717) is 45.4 Å². The number of nitriles is 2. The normalized spacial score (nSPS) is 10.3. The van der Waals surface area contributed by atoms with Crippen molar-refractivity contribution in [1.29, 1.82) is 10.5 Å². The van der Waals surface area contributed by atoms with Gasteiger partial charge in [0.2, 0.25) is 0 Å². The van der Waals surface area contributed by atoms with E-state index in [-0.39, 0.29) is 6.61 Å². The van der Waals surface area contributed by atoms with E-state index in [0.717, 1.165) is 0 Å². The second-order valence-electron chi connectivity index (χ2n) is 5.11. The van der Waals surface area contributed by atoms with Crippen LogP contribution in [0.25, 0.3) is 11.6 Å². The highest BCUT2D eigenvalue weighted by Gasteiger charge is 2.12. The van der Waals surface area contributed by atoms with Crippen molar-refractivity contribution >= 4 is 23.3 Å². The summed E-state index contributed by atoms with van der Waals surface area (Å²) in [6, 6.07) is 14.4. The van der Waals surface area contributed by atoms with Crippen molar-refractivity contribution in [3.8, 4) is 36.0 Å². The van der Waals surface area contributed by atoms with Gasteiger partial charge in [-0.2, -0.15) is 10.5 Å². The van der Waals surface area contributed by atoms with Gasteiger partial charge in [0.25, 0.3) is 0 Å². The smallest absolute Gasteiger partial charge is 0.181 e. The molecule has 0 spiro atoms. The highest BCUT2D eigenvalue weighted by Crippen LogP contribution is 2.37. The van der Waals surface area contributed by atoms with Gasteiger partial charge < -0.3 is 9.47 Å². The van der Waals surface area contributed by atoms with E-state index < -0.39 is 0 Å². The van der Waals surface area contributed by atoms with Crippen LogP contribution in [-0.2, 0) is 0 Å². The Labute approximate surface area is 157 Å². The molecule has 0 aliphatic heterocycles. The number of terminal acetylenes is 1. The van der Waals surface area contributed by atoms with E-state index in [1.165, 1.54) is 0 Å². The third-order valence-electron chi connectivity index (χ3n) is 3.39. The fourth-order valence-corrected chi connectivity index (χ4v) is 2.53. The van der Waals surface area contributed by atoms with Crippen LogP contribution in [0.5, 0.6) is 11.5 Å². The lowest BCUT2D eigenvalue weighted by Crippen LogP contribution is -2.00. The summed E-state index contributed by atoms with van der Waals surface area (Å²) in [4.78, 5) is 0. The average Bonchev–Trinajstić information content (AvgIpc) is 2.66. The summed E-state index contributed by atoms with van der Waals surface area (Å²) in [6.07, 6.45) is 6.92. The van der Waals surface area contributed by atoms with E-state index in [4.69, 9.17) is 32.8 Å². The first-order chi connectivity index (χ1) is 12.6. The predicted molar refractivity (Wildman–Crippen MR) is 102 cm³/mol. The first kappa shape index (κ1) is 18.9. The van der Waals surface area contributed by atoms with E-state index >= 15 is 0 Å². The first-order valence-corrected chi connectivity index (χ1v) is 8.15. The number of hydrogen-bond donors (Lipinski definition) is 0.